The highest BCUT2D eigenvalue weighted by Gasteiger charge is 2.09. The molecule has 0 saturated carbocycles. The summed E-state index contributed by atoms with van der Waals surface area (Å²) in [5.74, 6) is -0.672. The predicted octanol–water partition coefficient (Wildman–Crippen LogP) is 1.74. The molecule has 1 aromatic heterocycles. The molecule has 0 spiro atoms. The maximum atomic E-state index is 11.6. The summed E-state index contributed by atoms with van der Waals surface area (Å²) >= 11 is 0. The van der Waals surface area contributed by atoms with Gasteiger partial charge in [0.15, 0.2) is 5.76 Å². The molecule has 2 N–H and O–H groups in total. The van der Waals surface area contributed by atoms with Crippen molar-refractivity contribution in [3.05, 3.63) is 60.1 Å². The third-order valence-electron chi connectivity index (χ3n) is 2.83. The first-order valence-corrected chi connectivity index (χ1v) is 6.83. The Morgan fingerprint density at radius 1 is 1.14 bits per heavy atom. The van der Waals surface area contributed by atoms with Gasteiger partial charge in [-0.1, -0.05) is 30.3 Å². The smallest absolute Gasteiger partial charge is 0.287 e. The fourth-order valence-corrected chi connectivity index (χ4v) is 1.78. The van der Waals surface area contributed by atoms with Crippen molar-refractivity contribution in [2.24, 2.45) is 5.10 Å². The lowest BCUT2D eigenvalue weighted by Crippen LogP contribution is -2.35. The second-order valence-corrected chi connectivity index (χ2v) is 4.70. The van der Waals surface area contributed by atoms with Gasteiger partial charge in [-0.05, 0) is 24.6 Å². The minimum atomic E-state index is -0.440. The number of carbonyl (C=O) groups excluding carboxylic acids is 2. The lowest BCUT2D eigenvalue weighted by atomic mass is 10.1. The topological polar surface area (TPSA) is 83.7 Å². The Morgan fingerprint density at radius 2 is 1.91 bits per heavy atom. The van der Waals surface area contributed by atoms with Gasteiger partial charge in [0.25, 0.3) is 11.8 Å². The van der Waals surface area contributed by atoms with Crippen LogP contribution in [0.1, 0.15) is 23.0 Å². The average Bonchev–Trinajstić information content (AvgIpc) is 3.06. The number of hydrogen-bond donors (Lipinski definition) is 2. The molecule has 6 nitrogen and oxygen atoms in total. The molecule has 1 aromatic carbocycles. The van der Waals surface area contributed by atoms with E-state index in [0.29, 0.717) is 6.42 Å². The van der Waals surface area contributed by atoms with E-state index in [1.165, 1.54) is 12.3 Å². The van der Waals surface area contributed by atoms with E-state index in [4.69, 9.17) is 4.42 Å². The zero-order valence-electron chi connectivity index (χ0n) is 12.2. The first-order chi connectivity index (χ1) is 10.6. The fourth-order valence-electron chi connectivity index (χ4n) is 1.78. The van der Waals surface area contributed by atoms with Crippen molar-refractivity contribution in [1.29, 1.82) is 0 Å². The van der Waals surface area contributed by atoms with Gasteiger partial charge in [0.2, 0.25) is 0 Å². The number of benzene rings is 1. The Hall–Kier alpha value is -2.89. The number of nitrogens with one attached hydrogen (secondary N) is 2. The van der Waals surface area contributed by atoms with E-state index >= 15 is 0 Å². The Bertz CT molecular complexity index is 649. The molecule has 1 heterocycles. The monoisotopic (exact) mass is 299 g/mol. The third-order valence-corrected chi connectivity index (χ3v) is 2.83. The lowest BCUT2D eigenvalue weighted by molar-refractivity contribution is -0.120. The first kappa shape index (κ1) is 15.5. The molecule has 2 aromatic rings. The second kappa shape index (κ2) is 7.78. The van der Waals surface area contributed by atoms with E-state index < -0.39 is 11.8 Å². The zero-order chi connectivity index (χ0) is 15.8. The summed E-state index contributed by atoms with van der Waals surface area (Å²) < 4.78 is 4.92. The normalized spacial score (nSPS) is 11.0. The van der Waals surface area contributed by atoms with Crippen LogP contribution in [0.4, 0.5) is 0 Å². The molecule has 0 unspecified atom stereocenters. The highest BCUT2D eigenvalue weighted by molar-refractivity contribution is 5.94. The molecule has 0 bridgehead atoms. The first-order valence-electron chi connectivity index (χ1n) is 6.83. The van der Waals surface area contributed by atoms with E-state index in [9.17, 15) is 9.59 Å². The maximum absolute atomic E-state index is 11.6. The van der Waals surface area contributed by atoms with Crippen LogP contribution in [0.2, 0.25) is 0 Å². The number of hydrazone groups is 1. The van der Waals surface area contributed by atoms with Crippen LogP contribution in [0.3, 0.4) is 0 Å². The van der Waals surface area contributed by atoms with Crippen molar-refractivity contribution in [3.63, 3.8) is 0 Å². The van der Waals surface area contributed by atoms with Crippen LogP contribution >= 0.6 is 0 Å². The summed E-state index contributed by atoms with van der Waals surface area (Å²) in [5, 5.41) is 6.45. The number of furan rings is 1. The molecule has 0 radical (unpaired) electrons. The molecule has 114 valence electrons. The van der Waals surface area contributed by atoms with Gasteiger partial charge in [0.05, 0.1) is 12.8 Å². The van der Waals surface area contributed by atoms with Crippen LogP contribution in [0, 0.1) is 0 Å². The van der Waals surface area contributed by atoms with Gasteiger partial charge in [-0.25, -0.2) is 5.43 Å². The van der Waals surface area contributed by atoms with E-state index in [1.54, 1.807) is 6.07 Å². The number of rotatable bonds is 6. The van der Waals surface area contributed by atoms with Crippen LogP contribution in [0.15, 0.2) is 58.2 Å². The highest BCUT2D eigenvalue weighted by atomic mass is 16.3. The minimum absolute atomic E-state index is 0.163. The second-order valence-electron chi connectivity index (χ2n) is 4.70. The molecule has 6 heteroatoms. The summed E-state index contributed by atoms with van der Waals surface area (Å²) in [5.41, 5.74) is 4.30. The van der Waals surface area contributed by atoms with Gasteiger partial charge < -0.3 is 9.73 Å². The summed E-state index contributed by atoms with van der Waals surface area (Å²) in [6.45, 7) is 1.66. The molecule has 2 rings (SSSR count). The summed E-state index contributed by atoms with van der Waals surface area (Å²) in [6, 6.07) is 13.0. The lowest BCUT2D eigenvalue weighted by Gasteiger charge is -2.04. The van der Waals surface area contributed by atoms with Gasteiger partial charge >= 0.3 is 0 Å². The Kier molecular flexibility index (Phi) is 5.48. The van der Waals surface area contributed by atoms with Gasteiger partial charge in [-0.15, -0.1) is 0 Å². The number of amides is 2. The van der Waals surface area contributed by atoms with Crippen LogP contribution in [-0.4, -0.2) is 24.1 Å². The largest absolute Gasteiger partial charge is 0.459 e. The van der Waals surface area contributed by atoms with Crippen LogP contribution in [0.25, 0.3) is 0 Å². The Balaban J connectivity index is 1.75. The molecule has 0 saturated heterocycles. The van der Waals surface area contributed by atoms with Crippen molar-refractivity contribution in [1.82, 2.24) is 10.7 Å². The van der Waals surface area contributed by atoms with Crippen molar-refractivity contribution in [2.75, 3.05) is 6.54 Å². The van der Waals surface area contributed by atoms with Crippen LogP contribution in [0.5, 0.6) is 0 Å². The molecule has 0 aliphatic rings. The molecule has 0 aliphatic carbocycles. The van der Waals surface area contributed by atoms with E-state index in [0.717, 1.165) is 11.3 Å². The molecule has 0 fully saturated rings. The SMILES string of the molecule is C/C(Cc1ccccc1)=N\NC(=O)CNC(=O)c1ccco1. The minimum Gasteiger partial charge on any atom is -0.459 e. The third kappa shape index (κ3) is 4.90. The average molecular weight is 299 g/mol. The summed E-state index contributed by atoms with van der Waals surface area (Å²) in [4.78, 5) is 23.2. The number of nitrogens with zero attached hydrogens (tertiary/aromatic N) is 1. The predicted molar refractivity (Wildman–Crippen MR) is 82.4 cm³/mol. The van der Waals surface area contributed by atoms with E-state index in [1.807, 2.05) is 37.3 Å². The highest BCUT2D eigenvalue weighted by Crippen LogP contribution is 2.00. The number of hydrogen-bond acceptors (Lipinski definition) is 4. The van der Waals surface area contributed by atoms with Gasteiger partial charge in [-0.2, -0.15) is 5.10 Å². The van der Waals surface area contributed by atoms with Gasteiger partial charge in [0.1, 0.15) is 0 Å². The van der Waals surface area contributed by atoms with Gasteiger partial charge in [-0.3, -0.25) is 9.59 Å². The van der Waals surface area contributed by atoms with Gasteiger partial charge in [0, 0.05) is 12.1 Å². The molecule has 22 heavy (non-hydrogen) atoms. The molecule has 0 atom stereocenters. The maximum Gasteiger partial charge on any atom is 0.287 e. The van der Waals surface area contributed by atoms with Crippen LogP contribution in [-0.2, 0) is 11.2 Å². The van der Waals surface area contributed by atoms with Crippen molar-refractivity contribution in [3.8, 4) is 0 Å². The molecular weight excluding hydrogens is 282 g/mol. The summed E-state index contributed by atoms with van der Waals surface area (Å²) in [7, 11) is 0. The zero-order valence-corrected chi connectivity index (χ0v) is 12.2. The quantitative estimate of drug-likeness (QED) is 0.629. The van der Waals surface area contributed by atoms with E-state index in [-0.39, 0.29) is 12.3 Å². The van der Waals surface area contributed by atoms with Crippen molar-refractivity contribution >= 4 is 17.5 Å². The standard InChI is InChI=1S/C16H17N3O3/c1-12(10-13-6-3-2-4-7-13)18-19-15(20)11-17-16(21)14-8-5-9-22-14/h2-9H,10-11H2,1H3,(H,17,21)(H,19,20)/b18-12+. The fraction of sp³-hybridized carbons (Fsp3) is 0.188. The van der Waals surface area contributed by atoms with Crippen molar-refractivity contribution < 1.29 is 14.0 Å². The molecule has 0 aliphatic heterocycles. The van der Waals surface area contributed by atoms with Crippen LogP contribution < -0.4 is 10.7 Å². The molecular formula is C16H17N3O3. The van der Waals surface area contributed by atoms with Crippen molar-refractivity contribution in [2.45, 2.75) is 13.3 Å². The van der Waals surface area contributed by atoms with E-state index in [2.05, 4.69) is 15.8 Å². The summed E-state index contributed by atoms with van der Waals surface area (Å²) in [6.07, 6.45) is 2.05. The molecule has 2 amide bonds. The Morgan fingerprint density at radius 3 is 2.59 bits per heavy atom. The Labute approximate surface area is 128 Å². The number of carbonyl (C=O) groups is 2.